The van der Waals surface area contributed by atoms with Gasteiger partial charge in [-0.15, -0.1) is 0 Å². The quantitative estimate of drug-likeness (QED) is 0.436. The highest BCUT2D eigenvalue weighted by molar-refractivity contribution is 9.12. The summed E-state index contributed by atoms with van der Waals surface area (Å²) in [5, 5.41) is 3.04. The summed E-state index contributed by atoms with van der Waals surface area (Å²) in [6, 6.07) is 13.7. The molecular formula is C22H17Br2ClN2O3. The number of halogens is 3. The zero-order valence-corrected chi connectivity index (χ0v) is 19.5. The van der Waals surface area contributed by atoms with Gasteiger partial charge in [-0.1, -0.05) is 61.7 Å². The average Bonchev–Trinajstić information content (AvgIpc) is 3.35. The molecule has 0 spiro atoms. The van der Waals surface area contributed by atoms with E-state index in [9.17, 15) is 14.4 Å². The number of amides is 3. The van der Waals surface area contributed by atoms with Crippen molar-refractivity contribution >= 4 is 72.6 Å². The third-order valence-corrected chi connectivity index (χ3v) is 10.0. The van der Waals surface area contributed by atoms with E-state index in [0.29, 0.717) is 16.9 Å². The molecule has 1 heterocycles. The van der Waals surface area contributed by atoms with E-state index < -0.39 is 0 Å². The lowest BCUT2D eigenvalue weighted by Crippen LogP contribution is -2.37. The number of nitrogens with one attached hydrogen (secondary N) is 1. The summed E-state index contributed by atoms with van der Waals surface area (Å²) in [5.74, 6) is -0.835. The normalized spacial score (nSPS) is 31.9. The zero-order valence-electron chi connectivity index (χ0n) is 15.6. The van der Waals surface area contributed by atoms with Crippen LogP contribution in [0, 0.1) is 23.7 Å². The summed E-state index contributed by atoms with van der Waals surface area (Å²) in [6.07, 6.45) is 0.887. The molecule has 5 nitrogen and oxygen atoms in total. The van der Waals surface area contributed by atoms with Gasteiger partial charge < -0.3 is 5.32 Å². The van der Waals surface area contributed by atoms with Crippen molar-refractivity contribution in [1.82, 2.24) is 0 Å². The maximum atomic E-state index is 13.2. The minimum absolute atomic E-state index is 0.154. The molecule has 2 aromatic rings. The van der Waals surface area contributed by atoms with Crippen LogP contribution in [0.25, 0.3) is 0 Å². The molecule has 2 saturated carbocycles. The molecule has 3 aliphatic rings. The lowest BCUT2D eigenvalue weighted by Gasteiger charge is -2.28. The maximum absolute atomic E-state index is 13.2. The minimum atomic E-state index is -0.281. The van der Waals surface area contributed by atoms with Gasteiger partial charge in [0.15, 0.2) is 0 Å². The van der Waals surface area contributed by atoms with Crippen LogP contribution in [0.15, 0.2) is 48.5 Å². The van der Waals surface area contributed by atoms with Crippen molar-refractivity contribution in [2.75, 3.05) is 10.2 Å². The highest BCUT2D eigenvalue weighted by Crippen LogP contribution is 2.60. The van der Waals surface area contributed by atoms with E-state index in [2.05, 4.69) is 37.2 Å². The Hall–Kier alpha value is -1.70. The van der Waals surface area contributed by atoms with Crippen molar-refractivity contribution in [1.29, 1.82) is 0 Å². The fourth-order valence-corrected chi connectivity index (χ4v) is 7.23. The molecule has 6 unspecified atom stereocenters. The van der Waals surface area contributed by atoms with Gasteiger partial charge in [-0.3, -0.25) is 14.4 Å². The Morgan fingerprint density at radius 2 is 1.57 bits per heavy atom. The third-order valence-electron chi connectivity index (χ3n) is 6.48. The molecule has 154 valence electrons. The molecule has 0 radical (unpaired) electrons. The van der Waals surface area contributed by atoms with E-state index in [0.717, 1.165) is 6.42 Å². The highest BCUT2D eigenvalue weighted by Gasteiger charge is 2.66. The van der Waals surface area contributed by atoms with E-state index in [1.807, 2.05) is 6.07 Å². The van der Waals surface area contributed by atoms with E-state index in [1.165, 1.54) is 4.90 Å². The SMILES string of the molecule is O=C(Nc1ccc(N2C(=O)C3C4CC(C(Br)C4Br)C3C2=O)cc1Cl)c1ccccc1. The Morgan fingerprint density at radius 1 is 0.967 bits per heavy atom. The number of carbonyl (C=O) groups excluding carboxylic acids is 3. The van der Waals surface area contributed by atoms with Crippen LogP contribution in [0.1, 0.15) is 16.8 Å². The minimum Gasteiger partial charge on any atom is -0.321 e. The standard InChI is InChI=1S/C22H17Br2ClN2O3/c23-18-12-9-13(19(18)24)17-16(12)21(29)27(22(17)30)11-6-7-15(14(25)8-11)26-20(28)10-4-2-1-3-5-10/h1-8,12-13,16-19H,9H2,(H,26,28). The zero-order chi connectivity index (χ0) is 21.2. The van der Waals surface area contributed by atoms with Crippen LogP contribution in [0.5, 0.6) is 0 Å². The van der Waals surface area contributed by atoms with Crippen molar-refractivity contribution in [3.05, 3.63) is 59.1 Å². The van der Waals surface area contributed by atoms with E-state index in [1.54, 1.807) is 42.5 Å². The Morgan fingerprint density at radius 3 is 2.13 bits per heavy atom. The maximum Gasteiger partial charge on any atom is 0.255 e. The highest BCUT2D eigenvalue weighted by atomic mass is 79.9. The first-order valence-electron chi connectivity index (χ1n) is 9.70. The topological polar surface area (TPSA) is 66.5 Å². The number of rotatable bonds is 3. The molecule has 1 N–H and O–H groups in total. The van der Waals surface area contributed by atoms with E-state index >= 15 is 0 Å². The van der Waals surface area contributed by atoms with E-state index in [4.69, 9.17) is 11.6 Å². The first kappa shape index (κ1) is 20.2. The number of anilines is 2. The molecule has 1 saturated heterocycles. The average molecular weight is 553 g/mol. The molecule has 30 heavy (non-hydrogen) atoms. The first-order chi connectivity index (χ1) is 14.4. The van der Waals surface area contributed by atoms with E-state index in [-0.39, 0.29) is 56.1 Å². The fraction of sp³-hybridized carbons (Fsp3) is 0.318. The van der Waals surface area contributed by atoms with Gasteiger partial charge in [-0.2, -0.15) is 0 Å². The Labute approximate surface area is 195 Å². The van der Waals surface area contributed by atoms with Crippen LogP contribution in [0.3, 0.4) is 0 Å². The van der Waals surface area contributed by atoms with Crippen LogP contribution in [-0.4, -0.2) is 27.4 Å². The van der Waals surface area contributed by atoms with Gasteiger partial charge in [0.2, 0.25) is 11.8 Å². The summed E-state index contributed by atoms with van der Waals surface area (Å²) in [4.78, 5) is 40.4. The molecule has 3 amide bonds. The van der Waals surface area contributed by atoms with Crippen LogP contribution >= 0.6 is 43.5 Å². The molecule has 1 aliphatic heterocycles. The number of nitrogens with zero attached hydrogens (tertiary/aromatic N) is 1. The van der Waals surface area contributed by atoms with Crippen LogP contribution in [-0.2, 0) is 9.59 Å². The number of imide groups is 1. The molecule has 0 aromatic heterocycles. The largest absolute Gasteiger partial charge is 0.321 e. The van der Waals surface area contributed by atoms with Crippen LogP contribution in [0.4, 0.5) is 11.4 Å². The lowest BCUT2D eigenvalue weighted by atomic mass is 9.81. The van der Waals surface area contributed by atoms with Crippen molar-refractivity contribution < 1.29 is 14.4 Å². The predicted octanol–water partition coefficient (Wildman–Crippen LogP) is 4.87. The number of fused-ring (bicyclic) bond motifs is 5. The number of carbonyl (C=O) groups is 3. The lowest BCUT2D eigenvalue weighted by molar-refractivity contribution is -0.123. The van der Waals surface area contributed by atoms with Crippen molar-refractivity contribution in [2.24, 2.45) is 23.7 Å². The van der Waals surface area contributed by atoms with Crippen molar-refractivity contribution in [3.63, 3.8) is 0 Å². The monoisotopic (exact) mass is 550 g/mol. The van der Waals surface area contributed by atoms with Crippen LogP contribution < -0.4 is 10.2 Å². The van der Waals surface area contributed by atoms with Gasteiger partial charge in [0.05, 0.1) is 28.2 Å². The molecule has 3 fully saturated rings. The third kappa shape index (κ3) is 2.97. The molecule has 8 heteroatoms. The first-order valence-corrected chi connectivity index (χ1v) is 11.9. The fourth-order valence-electron chi connectivity index (χ4n) is 5.13. The molecule has 2 aromatic carbocycles. The summed E-state index contributed by atoms with van der Waals surface area (Å²) in [6.45, 7) is 0. The molecule has 2 aliphatic carbocycles. The molecular weight excluding hydrogens is 536 g/mol. The van der Waals surface area contributed by atoms with Gasteiger partial charge in [-0.25, -0.2) is 4.90 Å². The number of benzene rings is 2. The molecule has 6 atom stereocenters. The number of hydrogen-bond donors (Lipinski definition) is 1. The second-order valence-corrected chi connectivity index (χ2v) is 10.5. The summed E-state index contributed by atoms with van der Waals surface area (Å²) >= 11 is 13.8. The predicted molar refractivity (Wildman–Crippen MR) is 122 cm³/mol. The second-order valence-electron chi connectivity index (χ2n) is 8.00. The van der Waals surface area contributed by atoms with Gasteiger partial charge >= 0.3 is 0 Å². The summed E-state index contributed by atoms with van der Waals surface area (Å²) < 4.78 is 0. The summed E-state index contributed by atoms with van der Waals surface area (Å²) in [7, 11) is 0. The number of alkyl halides is 2. The molecule has 2 bridgehead atoms. The Balaban J connectivity index is 1.39. The van der Waals surface area contributed by atoms with Crippen LogP contribution in [0.2, 0.25) is 5.02 Å². The van der Waals surface area contributed by atoms with Gasteiger partial charge in [0.1, 0.15) is 0 Å². The Kier molecular flexibility index (Phi) is 5.03. The Bertz CT molecular complexity index is 1030. The van der Waals surface area contributed by atoms with Crippen molar-refractivity contribution in [3.8, 4) is 0 Å². The second kappa shape index (κ2) is 7.46. The molecule has 5 rings (SSSR count). The van der Waals surface area contributed by atoms with Gasteiger partial charge in [-0.05, 0) is 48.6 Å². The van der Waals surface area contributed by atoms with Gasteiger partial charge in [0.25, 0.3) is 5.91 Å². The van der Waals surface area contributed by atoms with Gasteiger partial charge in [0, 0.05) is 15.2 Å². The number of hydrogen-bond acceptors (Lipinski definition) is 3. The smallest absolute Gasteiger partial charge is 0.255 e. The summed E-state index contributed by atoms with van der Waals surface area (Å²) in [5.41, 5.74) is 1.38. The van der Waals surface area contributed by atoms with Crippen molar-refractivity contribution in [2.45, 2.75) is 16.1 Å².